The summed E-state index contributed by atoms with van der Waals surface area (Å²) in [6, 6.07) is 14.6. The molecule has 218 valence electrons. The maximum absolute atomic E-state index is 13.3. The van der Waals surface area contributed by atoms with Gasteiger partial charge in [0, 0.05) is 13.5 Å². The van der Waals surface area contributed by atoms with Crippen LogP contribution in [0.15, 0.2) is 59.4 Å². The van der Waals surface area contributed by atoms with E-state index in [1.54, 1.807) is 13.8 Å². The minimum Gasteiger partial charge on any atom is -0.486 e. The molecule has 3 aromatic rings. The zero-order valence-corrected chi connectivity index (χ0v) is 23.7. The number of alkyl carbamates (subject to hydrolysis) is 1. The number of unbranched alkanes of at least 4 members (excludes halogenated alkanes) is 1. The van der Waals surface area contributed by atoms with Gasteiger partial charge < -0.3 is 20.1 Å². The van der Waals surface area contributed by atoms with Gasteiger partial charge in [-0.15, -0.1) is 0 Å². The highest BCUT2D eigenvalue weighted by Gasteiger charge is 2.32. The lowest BCUT2D eigenvalue weighted by Gasteiger charge is -2.28. The van der Waals surface area contributed by atoms with Crippen LogP contribution in [0.5, 0.6) is 5.75 Å². The maximum Gasteiger partial charge on any atom is 0.408 e. The predicted molar refractivity (Wildman–Crippen MR) is 150 cm³/mol. The summed E-state index contributed by atoms with van der Waals surface area (Å²) >= 11 is 0. The number of hydrogen-bond donors (Lipinski definition) is 2. The van der Waals surface area contributed by atoms with Crippen LogP contribution in [0.4, 0.5) is 9.18 Å². The quantitative estimate of drug-likeness (QED) is 0.301. The topological polar surface area (TPSA) is 129 Å². The van der Waals surface area contributed by atoms with Crippen LogP contribution in [0.3, 0.4) is 0 Å². The summed E-state index contributed by atoms with van der Waals surface area (Å²) in [6.45, 7) is 5.07. The zero-order valence-electron chi connectivity index (χ0n) is 23.7. The second kappa shape index (κ2) is 14.2. The minimum absolute atomic E-state index is 0.0162. The van der Waals surface area contributed by atoms with Gasteiger partial charge in [0.1, 0.15) is 18.2 Å². The number of rotatable bonds is 13. The number of carbonyl (C=O) groups excluding carboxylic acids is 3. The third-order valence-corrected chi connectivity index (χ3v) is 6.16. The lowest BCUT2D eigenvalue weighted by molar-refractivity contribution is -0.117. The molecule has 0 atom stereocenters. The van der Waals surface area contributed by atoms with Crippen LogP contribution in [-0.4, -0.2) is 40.5 Å². The molecule has 0 fully saturated rings. The molecule has 2 aromatic carbocycles. The molecule has 0 unspecified atom stereocenters. The second-order valence-corrected chi connectivity index (χ2v) is 10.0. The zero-order chi connectivity index (χ0) is 30.0. The van der Waals surface area contributed by atoms with Crippen LogP contribution in [-0.2, 0) is 35.1 Å². The van der Waals surface area contributed by atoms with Crippen LogP contribution in [0, 0.1) is 5.82 Å². The first-order valence-corrected chi connectivity index (χ1v) is 13.3. The molecule has 1 heterocycles. The van der Waals surface area contributed by atoms with Gasteiger partial charge in [0.05, 0.1) is 18.7 Å². The fourth-order valence-corrected chi connectivity index (χ4v) is 3.97. The molecule has 2 N–H and O–H groups in total. The summed E-state index contributed by atoms with van der Waals surface area (Å²) in [5.41, 5.74) is -0.776. The van der Waals surface area contributed by atoms with Gasteiger partial charge in [-0.2, -0.15) is 0 Å². The highest BCUT2D eigenvalue weighted by Crippen LogP contribution is 2.21. The third kappa shape index (κ3) is 8.72. The van der Waals surface area contributed by atoms with Crippen molar-refractivity contribution in [1.82, 2.24) is 20.2 Å². The maximum atomic E-state index is 13.3. The summed E-state index contributed by atoms with van der Waals surface area (Å²) in [5.74, 6) is -1.71. The number of ether oxygens (including phenoxy) is 2. The SMILES string of the molecule is CCCCOc1c(C(=O)NCC(=O)Cc2ccc(F)cc2)nc(C(C)(C)NC(=O)OCc2ccccc2)n(C)c1=O. The van der Waals surface area contributed by atoms with Crippen LogP contribution in [0.2, 0.25) is 0 Å². The van der Waals surface area contributed by atoms with Gasteiger partial charge in [-0.25, -0.2) is 14.2 Å². The Hall–Kier alpha value is -4.54. The Morgan fingerprint density at radius 1 is 1.02 bits per heavy atom. The number of nitrogens with zero attached hydrogens (tertiary/aromatic N) is 2. The summed E-state index contributed by atoms with van der Waals surface area (Å²) in [6.07, 6.45) is 0.682. The fourth-order valence-electron chi connectivity index (χ4n) is 3.97. The normalized spacial score (nSPS) is 11.0. The Balaban J connectivity index is 1.81. The lowest BCUT2D eigenvalue weighted by Crippen LogP contribution is -2.46. The van der Waals surface area contributed by atoms with Gasteiger partial charge in [0.2, 0.25) is 5.75 Å². The number of aromatic nitrogens is 2. The van der Waals surface area contributed by atoms with Crippen LogP contribution < -0.4 is 20.9 Å². The number of amides is 2. The van der Waals surface area contributed by atoms with E-state index in [0.29, 0.717) is 12.0 Å². The van der Waals surface area contributed by atoms with Crippen molar-refractivity contribution in [3.8, 4) is 5.75 Å². The van der Waals surface area contributed by atoms with Crippen molar-refractivity contribution in [1.29, 1.82) is 0 Å². The Labute approximate surface area is 237 Å². The van der Waals surface area contributed by atoms with Gasteiger partial charge in [-0.1, -0.05) is 55.8 Å². The van der Waals surface area contributed by atoms with E-state index >= 15 is 0 Å². The number of nitrogens with one attached hydrogen (secondary N) is 2. The van der Waals surface area contributed by atoms with E-state index in [2.05, 4.69) is 15.6 Å². The van der Waals surface area contributed by atoms with Crippen molar-refractivity contribution in [3.05, 3.63) is 93.4 Å². The van der Waals surface area contributed by atoms with E-state index in [0.717, 1.165) is 12.0 Å². The van der Waals surface area contributed by atoms with Gasteiger partial charge in [0.15, 0.2) is 11.5 Å². The molecule has 0 aliphatic rings. The first-order valence-electron chi connectivity index (χ1n) is 13.3. The Morgan fingerprint density at radius 2 is 1.71 bits per heavy atom. The van der Waals surface area contributed by atoms with Crippen molar-refractivity contribution in [2.75, 3.05) is 13.2 Å². The summed E-state index contributed by atoms with van der Waals surface area (Å²) < 4.78 is 25.3. The number of carbonyl (C=O) groups is 3. The summed E-state index contributed by atoms with van der Waals surface area (Å²) in [5, 5.41) is 5.19. The average Bonchev–Trinajstić information content (AvgIpc) is 2.94. The highest BCUT2D eigenvalue weighted by atomic mass is 19.1. The first kappa shape index (κ1) is 31.0. The Morgan fingerprint density at radius 3 is 2.37 bits per heavy atom. The standard InChI is InChI=1S/C30H35FN4O6/c1-5-6-16-40-25-24(26(37)32-18-23(36)17-20-12-14-22(31)15-13-20)33-28(35(4)27(25)38)30(2,3)34-29(39)41-19-21-10-8-7-9-11-21/h7-15H,5-6,16-19H2,1-4H3,(H,32,37)(H,34,39). The molecule has 10 nitrogen and oxygen atoms in total. The molecule has 0 aliphatic heterocycles. The number of Topliss-reactive ketones (excluding diaryl/α,β-unsaturated/α-hetero) is 1. The van der Waals surface area contributed by atoms with Crippen LogP contribution >= 0.6 is 0 Å². The molecule has 0 bridgehead atoms. The van der Waals surface area contributed by atoms with Gasteiger partial charge >= 0.3 is 6.09 Å². The van der Waals surface area contributed by atoms with Crippen molar-refractivity contribution in [2.45, 2.75) is 52.2 Å². The molecular weight excluding hydrogens is 531 g/mol. The van der Waals surface area contributed by atoms with Crippen LogP contribution in [0.1, 0.15) is 61.1 Å². The minimum atomic E-state index is -1.24. The molecule has 0 radical (unpaired) electrons. The van der Waals surface area contributed by atoms with E-state index in [4.69, 9.17) is 9.47 Å². The van der Waals surface area contributed by atoms with Crippen molar-refractivity contribution >= 4 is 17.8 Å². The average molecular weight is 567 g/mol. The number of ketones is 1. The van der Waals surface area contributed by atoms with E-state index < -0.39 is 28.9 Å². The first-order chi connectivity index (χ1) is 19.5. The molecule has 0 saturated heterocycles. The lowest BCUT2D eigenvalue weighted by atomic mass is 10.0. The number of halogens is 1. The predicted octanol–water partition coefficient (Wildman–Crippen LogP) is 3.80. The highest BCUT2D eigenvalue weighted by molar-refractivity contribution is 5.97. The van der Waals surface area contributed by atoms with Gasteiger partial charge in [-0.05, 0) is 43.5 Å². The Bertz CT molecular complexity index is 1420. The van der Waals surface area contributed by atoms with E-state index in [1.807, 2.05) is 37.3 Å². The largest absolute Gasteiger partial charge is 0.486 e. The van der Waals surface area contributed by atoms with E-state index in [-0.39, 0.29) is 49.2 Å². The number of benzene rings is 2. The molecular formula is C30H35FN4O6. The molecule has 2 amide bonds. The smallest absolute Gasteiger partial charge is 0.408 e. The van der Waals surface area contributed by atoms with Gasteiger partial charge in [-0.3, -0.25) is 19.0 Å². The van der Waals surface area contributed by atoms with Crippen LogP contribution in [0.25, 0.3) is 0 Å². The number of hydrogen-bond acceptors (Lipinski definition) is 7. The fraction of sp³-hybridized carbons (Fsp3) is 0.367. The molecule has 3 rings (SSSR count). The Kier molecular flexibility index (Phi) is 10.7. The second-order valence-electron chi connectivity index (χ2n) is 10.0. The van der Waals surface area contributed by atoms with Crippen molar-refractivity contribution in [3.63, 3.8) is 0 Å². The monoisotopic (exact) mass is 566 g/mol. The molecule has 11 heteroatoms. The molecule has 0 aliphatic carbocycles. The summed E-state index contributed by atoms with van der Waals surface area (Å²) in [7, 11) is 1.46. The van der Waals surface area contributed by atoms with E-state index in [9.17, 15) is 23.6 Å². The van der Waals surface area contributed by atoms with Crippen molar-refractivity contribution in [2.24, 2.45) is 7.05 Å². The van der Waals surface area contributed by atoms with Gasteiger partial charge in [0.25, 0.3) is 11.5 Å². The molecule has 0 saturated carbocycles. The van der Waals surface area contributed by atoms with Crippen molar-refractivity contribution < 1.29 is 28.2 Å². The molecule has 0 spiro atoms. The molecule has 41 heavy (non-hydrogen) atoms. The van der Waals surface area contributed by atoms with E-state index in [1.165, 1.54) is 35.9 Å². The third-order valence-electron chi connectivity index (χ3n) is 6.16. The summed E-state index contributed by atoms with van der Waals surface area (Å²) in [4.78, 5) is 56.0. The molecule has 1 aromatic heterocycles.